The van der Waals surface area contributed by atoms with Gasteiger partial charge in [-0.05, 0) is 23.8 Å². The Morgan fingerprint density at radius 2 is 1.67 bits per heavy atom. The highest BCUT2D eigenvalue weighted by Gasteiger charge is 2.04. The number of hydrogen-bond acceptors (Lipinski definition) is 3. The summed E-state index contributed by atoms with van der Waals surface area (Å²) in [5.41, 5.74) is 3.14. The van der Waals surface area contributed by atoms with Crippen molar-refractivity contribution < 1.29 is 5.11 Å². The van der Waals surface area contributed by atoms with Gasteiger partial charge in [0.25, 0.3) is 0 Å². The third-order valence-corrected chi connectivity index (χ3v) is 2.85. The number of nitrogens with zero attached hydrogens (tertiary/aromatic N) is 1. The van der Waals surface area contributed by atoms with E-state index in [9.17, 15) is 5.11 Å². The molecule has 0 atom stereocenters. The fraction of sp³-hybridized carbons (Fsp3) is 0.200. The van der Waals surface area contributed by atoms with Gasteiger partial charge in [-0.25, -0.2) is 0 Å². The van der Waals surface area contributed by atoms with E-state index in [2.05, 4.69) is 22.3 Å². The van der Waals surface area contributed by atoms with Crippen LogP contribution in [0.2, 0.25) is 0 Å². The first kappa shape index (κ1) is 12.3. The molecule has 2 rings (SSSR count). The molecule has 0 radical (unpaired) electrons. The lowest BCUT2D eigenvalue weighted by Gasteiger charge is -2.18. The molecule has 2 N–H and O–H groups in total. The molecule has 3 nitrogen and oxygen atoms in total. The summed E-state index contributed by atoms with van der Waals surface area (Å²) in [6.45, 7) is 0.686. The predicted molar refractivity (Wildman–Crippen MR) is 76.2 cm³/mol. The maximum absolute atomic E-state index is 9.69. The van der Waals surface area contributed by atoms with Crippen LogP contribution in [0.1, 0.15) is 5.56 Å². The van der Waals surface area contributed by atoms with Gasteiger partial charge in [0.1, 0.15) is 5.75 Å². The smallest absolute Gasteiger partial charge is 0.138 e. The Morgan fingerprint density at radius 3 is 2.39 bits per heavy atom. The van der Waals surface area contributed by atoms with Gasteiger partial charge in [0.2, 0.25) is 0 Å². The van der Waals surface area contributed by atoms with Crippen molar-refractivity contribution in [2.75, 3.05) is 24.3 Å². The van der Waals surface area contributed by atoms with E-state index in [-0.39, 0.29) is 5.75 Å². The maximum atomic E-state index is 9.69. The third-order valence-electron chi connectivity index (χ3n) is 2.85. The highest BCUT2D eigenvalue weighted by molar-refractivity contribution is 5.58. The van der Waals surface area contributed by atoms with Crippen molar-refractivity contribution in [1.82, 2.24) is 0 Å². The summed E-state index contributed by atoms with van der Waals surface area (Å²) >= 11 is 0. The second-order valence-corrected chi connectivity index (χ2v) is 4.39. The van der Waals surface area contributed by atoms with Gasteiger partial charge in [-0.2, -0.15) is 0 Å². The normalized spacial score (nSPS) is 10.1. The summed E-state index contributed by atoms with van der Waals surface area (Å²) in [6, 6.07) is 15.5. The highest BCUT2D eigenvalue weighted by Crippen LogP contribution is 2.24. The number of benzene rings is 2. The summed E-state index contributed by atoms with van der Waals surface area (Å²) in [4.78, 5) is 2.09. The Bertz CT molecular complexity index is 523. The van der Waals surface area contributed by atoms with Crippen LogP contribution in [0.25, 0.3) is 0 Å². The van der Waals surface area contributed by atoms with Gasteiger partial charge in [-0.3, -0.25) is 0 Å². The fourth-order valence-electron chi connectivity index (χ4n) is 1.91. The van der Waals surface area contributed by atoms with E-state index in [4.69, 9.17) is 0 Å². The summed E-state index contributed by atoms with van der Waals surface area (Å²) in [5, 5.41) is 12.9. The summed E-state index contributed by atoms with van der Waals surface area (Å²) < 4.78 is 0. The molecule has 18 heavy (non-hydrogen) atoms. The van der Waals surface area contributed by atoms with Gasteiger partial charge >= 0.3 is 0 Å². The number of nitrogens with one attached hydrogen (secondary N) is 1. The predicted octanol–water partition coefficient (Wildman–Crippen LogP) is 3.07. The van der Waals surface area contributed by atoms with Crippen molar-refractivity contribution in [2.45, 2.75) is 6.54 Å². The zero-order valence-electron chi connectivity index (χ0n) is 10.7. The first-order valence-corrected chi connectivity index (χ1v) is 5.95. The molecule has 0 bridgehead atoms. The van der Waals surface area contributed by atoms with Gasteiger partial charge in [0, 0.05) is 26.3 Å². The molecular weight excluding hydrogens is 224 g/mol. The highest BCUT2D eigenvalue weighted by atomic mass is 16.3. The first-order chi connectivity index (χ1) is 8.68. The molecule has 3 heteroatoms. The van der Waals surface area contributed by atoms with Gasteiger partial charge in [-0.15, -0.1) is 0 Å². The molecule has 0 heterocycles. The SMILES string of the molecule is CN(C)c1ccccc1CNc1ccccc1O. The molecule has 0 aliphatic rings. The Morgan fingerprint density at radius 1 is 1.00 bits per heavy atom. The van der Waals surface area contributed by atoms with Crippen molar-refractivity contribution in [3.05, 3.63) is 54.1 Å². The van der Waals surface area contributed by atoms with E-state index in [0.717, 1.165) is 5.69 Å². The Kier molecular flexibility index (Phi) is 3.72. The van der Waals surface area contributed by atoms with E-state index in [0.29, 0.717) is 6.54 Å². The number of phenolic OH excluding ortho intramolecular Hbond substituents is 1. The van der Waals surface area contributed by atoms with E-state index in [1.165, 1.54) is 11.3 Å². The number of hydrogen-bond donors (Lipinski definition) is 2. The van der Waals surface area contributed by atoms with Gasteiger partial charge in [0.15, 0.2) is 0 Å². The summed E-state index contributed by atoms with van der Waals surface area (Å²) in [7, 11) is 4.05. The molecule has 0 amide bonds. The monoisotopic (exact) mass is 242 g/mol. The number of rotatable bonds is 4. The Labute approximate surface area is 108 Å². The van der Waals surface area contributed by atoms with Crippen molar-refractivity contribution in [2.24, 2.45) is 0 Å². The van der Waals surface area contributed by atoms with Crippen LogP contribution >= 0.6 is 0 Å². The minimum atomic E-state index is 0.278. The topological polar surface area (TPSA) is 35.5 Å². The van der Waals surface area contributed by atoms with Crippen LogP contribution in [0.3, 0.4) is 0 Å². The van der Waals surface area contributed by atoms with Crippen LogP contribution in [0, 0.1) is 0 Å². The van der Waals surface area contributed by atoms with Crippen LogP contribution in [0.4, 0.5) is 11.4 Å². The molecule has 2 aromatic rings. The molecular formula is C15H18N2O. The third kappa shape index (κ3) is 2.74. The summed E-state index contributed by atoms with van der Waals surface area (Å²) in [5.74, 6) is 0.278. The van der Waals surface area contributed by atoms with Crippen molar-refractivity contribution in [3.8, 4) is 5.75 Å². The lowest BCUT2D eigenvalue weighted by Crippen LogP contribution is -2.12. The largest absolute Gasteiger partial charge is 0.506 e. The number of aromatic hydroxyl groups is 1. The fourth-order valence-corrected chi connectivity index (χ4v) is 1.91. The molecule has 2 aromatic carbocycles. The molecule has 0 saturated heterocycles. The van der Waals surface area contributed by atoms with Crippen molar-refractivity contribution >= 4 is 11.4 Å². The summed E-state index contributed by atoms with van der Waals surface area (Å²) in [6.07, 6.45) is 0. The van der Waals surface area contributed by atoms with E-state index in [1.54, 1.807) is 6.07 Å². The lowest BCUT2D eigenvalue weighted by atomic mass is 10.1. The van der Waals surface area contributed by atoms with Crippen LogP contribution in [-0.2, 0) is 6.54 Å². The van der Waals surface area contributed by atoms with Crippen LogP contribution in [0.5, 0.6) is 5.75 Å². The molecule has 0 spiro atoms. The van der Waals surface area contributed by atoms with Crippen molar-refractivity contribution in [1.29, 1.82) is 0 Å². The number of anilines is 2. The first-order valence-electron chi connectivity index (χ1n) is 5.95. The number of phenols is 1. The second kappa shape index (κ2) is 5.45. The van der Waals surface area contributed by atoms with E-state index >= 15 is 0 Å². The van der Waals surface area contributed by atoms with E-state index in [1.807, 2.05) is 44.4 Å². The molecule has 94 valence electrons. The minimum Gasteiger partial charge on any atom is -0.506 e. The average molecular weight is 242 g/mol. The zero-order chi connectivity index (χ0) is 13.0. The van der Waals surface area contributed by atoms with Crippen LogP contribution in [-0.4, -0.2) is 19.2 Å². The Balaban J connectivity index is 2.14. The molecule has 0 saturated carbocycles. The molecule has 0 aliphatic heterocycles. The molecule has 0 unspecified atom stereocenters. The van der Waals surface area contributed by atoms with Crippen LogP contribution in [0.15, 0.2) is 48.5 Å². The Hall–Kier alpha value is -2.16. The second-order valence-electron chi connectivity index (χ2n) is 4.39. The minimum absolute atomic E-state index is 0.278. The maximum Gasteiger partial charge on any atom is 0.138 e. The zero-order valence-corrected chi connectivity index (χ0v) is 10.7. The molecule has 0 aromatic heterocycles. The molecule has 0 aliphatic carbocycles. The van der Waals surface area contributed by atoms with Gasteiger partial charge < -0.3 is 15.3 Å². The lowest BCUT2D eigenvalue weighted by molar-refractivity contribution is 0.477. The quantitative estimate of drug-likeness (QED) is 0.809. The van der Waals surface area contributed by atoms with Crippen molar-refractivity contribution in [3.63, 3.8) is 0 Å². The van der Waals surface area contributed by atoms with E-state index < -0.39 is 0 Å². The standard InChI is InChI=1S/C15H18N2O/c1-17(2)14-9-5-3-7-12(14)11-16-13-8-4-6-10-15(13)18/h3-10,16,18H,11H2,1-2H3. The van der Waals surface area contributed by atoms with Gasteiger partial charge in [0.05, 0.1) is 5.69 Å². The van der Waals surface area contributed by atoms with Gasteiger partial charge in [-0.1, -0.05) is 30.3 Å². The molecule has 0 fully saturated rings. The number of para-hydroxylation sites is 3. The van der Waals surface area contributed by atoms with Crippen LogP contribution < -0.4 is 10.2 Å². The average Bonchev–Trinajstić information content (AvgIpc) is 2.38.